The van der Waals surface area contributed by atoms with Gasteiger partial charge in [0.25, 0.3) is 0 Å². The van der Waals surface area contributed by atoms with Gasteiger partial charge in [0.05, 0.1) is 0 Å². The molecule has 0 saturated carbocycles. The van der Waals surface area contributed by atoms with Crippen molar-refractivity contribution >= 4 is 35.9 Å². The number of hydrogen-bond donors (Lipinski definition) is 0. The van der Waals surface area contributed by atoms with E-state index in [2.05, 4.69) is 22.9 Å². The average molecular weight is 271 g/mol. The van der Waals surface area contributed by atoms with Crippen LogP contribution in [0.3, 0.4) is 0 Å². The molecule has 14 heavy (non-hydrogen) atoms. The van der Waals surface area contributed by atoms with Crippen LogP contribution in [0.4, 0.5) is 0 Å². The Morgan fingerprint density at radius 1 is 1.21 bits per heavy atom. The summed E-state index contributed by atoms with van der Waals surface area (Å²) in [6.45, 7) is 2.27. The second-order valence-electron chi connectivity index (χ2n) is 3.71. The molecule has 0 aliphatic heterocycles. The third-order valence-corrected chi connectivity index (χ3v) is 5.58. The maximum atomic E-state index is 2.41. The molecule has 0 aliphatic rings. The molecule has 0 aliphatic carbocycles. The molecule has 0 unspecified atom stereocenters. The van der Waals surface area contributed by atoms with E-state index >= 15 is 0 Å². The molecule has 2 heteroatoms. The van der Waals surface area contributed by atoms with Crippen molar-refractivity contribution in [3.63, 3.8) is 0 Å². The van der Waals surface area contributed by atoms with Crippen LogP contribution < -0.4 is 0 Å². The molecule has 0 nitrogen and oxygen atoms in total. The van der Waals surface area contributed by atoms with Gasteiger partial charge in [-0.1, -0.05) is 0 Å². The molecule has 0 bridgehead atoms. The van der Waals surface area contributed by atoms with Crippen LogP contribution in [0, 0.1) is 0 Å². The van der Waals surface area contributed by atoms with E-state index < -0.39 is 0 Å². The summed E-state index contributed by atoms with van der Waals surface area (Å²) in [5, 5.41) is 1.51. The summed E-state index contributed by atoms with van der Waals surface area (Å²) in [6, 6.07) is 2.40. The minimum absolute atomic E-state index is 0.655. The number of unbranched alkanes of at least 4 members (excludes halogenated alkanes) is 3. The summed E-state index contributed by atoms with van der Waals surface area (Å²) in [5.74, 6) is 0. The zero-order valence-electron chi connectivity index (χ0n) is 8.58. The molecule has 0 saturated heterocycles. The molecule has 2 rings (SSSR count). The monoisotopic (exact) mass is 272 g/mol. The normalized spacial score (nSPS) is 11.2. The number of fused-ring (bicyclic) bond motifs is 1. The van der Waals surface area contributed by atoms with Gasteiger partial charge in [0.1, 0.15) is 0 Å². The van der Waals surface area contributed by atoms with E-state index in [-0.39, 0.29) is 0 Å². The van der Waals surface area contributed by atoms with Crippen LogP contribution in [0.25, 0.3) is 10.1 Å². The van der Waals surface area contributed by atoms with Crippen molar-refractivity contribution < 1.29 is 0 Å². The van der Waals surface area contributed by atoms with E-state index in [9.17, 15) is 0 Å². The van der Waals surface area contributed by atoms with Gasteiger partial charge in [-0.25, -0.2) is 0 Å². The molecule has 0 N–H and O–H groups in total. The van der Waals surface area contributed by atoms with E-state index in [0.29, 0.717) is 14.5 Å². The van der Waals surface area contributed by atoms with Crippen LogP contribution in [0.5, 0.6) is 0 Å². The van der Waals surface area contributed by atoms with Crippen LogP contribution in [-0.4, -0.2) is 14.5 Å². The molecule has 76 valence electrons. The molecule has 0 amide bonds. The fourth-order valence-electron chi connectivity index (χ4n) is 1.68. The van der Waals surface area contributed by atoms with Crippen LogP contribution in [-0.2, 0) is 6.42 Å². The fraction of sp³-hybridized carbons (Fsp3) is 0.500. The molecular weight excluding hydrogens is 255 g/mol. The van der Waals surface area contributed by atoms with Crippen molar-refractivity contribution in [3.05, 3.63) is 20.8 Å². The Balaban J connectivity index is 1.89. The molecule has 0 spiro atoms. The predicted molar refractivity (Wildman–Crippen MR) is 66.6 cm³/mol. The van der Waals surface area contributed by atoms with Gasteiger partial charge in [0.2, 0.25) is 0 Å². The maximum absolute atomic E-state index is 2.41. The zero-order chi connectivity index (χ0) is 9.80. The van der Waals surface area contributed by atoms with Gasteiger partial charge in [0.15, 0.2) is 0 Å². The van der Waals surface area contributed by atoms with Crippen molar-refractivity contribution in [2.75, 3.05) is 0 Å². The summed E-state index contributed by atoms with van der Waals surface area (Å²) in [4.78, 5) is 6.39. The van der Waals surface area contributed by atoms with Crippen LogP contribution >= 0.6 is 11.3 Å². The van der Waals surface area contributed by atoms with Gasteiger partial charge in [-0.2, -0.15) is 0 Å². The Morgan fingerprint density at radius 3 is 2.93 bits per heavy atom. The first kappa shape index (κ1) is 10.5. The summed E-state index contributed by atoms with van der Waals surface area (Å²) >= 11 is 2.66. The Hall–Kier alpha value is -0.0405. The molecule has 0 atom stereocenters. The van der Waals surface area contributed by atoms with Gasteiger partial charge < -0.3 is 0 Å². The van der Waals surface area contributed by atoms with Crippen molar-refractivity contribution in [3.8, 4) is 0 Å². The van der Waals surface area contributed by atoms with Crippen LogP contribution in [0.15, 0.2) is 15.9 Å². The fourth-order valence-corrected chi connectivity index (χ4v) is 4.84. The van der Waals surface area contributed by atoms with Crippen LogP contribution in [0.1, 0.15) is 37.5 Å². The molecule has 2 aromatic heterocycles. The summed E-state index contributed by atoms with van der Waals surface area (Å²) < 4.78 is 1.54. The van der Waals surface area contributed by atoms with Crippen LogP contribution in [0.2, 0.25) is 0 Å². The third-order valence-electron chi connectivity index (χ3n) is 2.49. The minimum atomic E-state index is 0.655. The number of hydrogen-bond acceptors (Lipinski definition) is 1. The second kappa shape index (κ2) is 5.16. The van der Waals surface area contributed by atoms with E-state index in [1.165, 1.54) is 42.2 Å². The van der Waals surface area contributed by atoms with Gasteiger partial charge in [0, 0.05) is 0 Å². The van der Waals surface area contributed by atoms with E-state index in [0.717, 1.165) is 0 Å². The van der Waals surface area contributed by atoms with Crippen molar-refractivity contribution in [1.82, 2.24) is 0 Å². The Labute approximate surface area is 95.7 Å². The van der Waals surface area contributed by atoms with Crippen molar-refractivity contribution in [2.24, 2.45) is 0 Å². The van der Waals surface area contributed by atoms with Crippen molar-refractivity contribution in [2.45, 2.75) is 39.0 Å². The number of thiophene rings is 1. The first-order chi connectivity index (χ1) is 6.90. The summed E-state index contributed by atoms with van der Waals surface area (Å²) in [7, 11) is 0. The molecule has 0 aromatic carbocycles. The number of aryl methyl sites for hydroxylation is 1. The van der Waals surface area contributed by atoms with Gasteiger partial charge in [-0.15, -0.1) is 0 Å². The average Bonchev–Trinajstić information content (AvgIpc) is 2.72. The van der Waals surface area contributed by atoms with Gasteiger partial charge >= 0.3 is 95.8 Å². The summed E-state index contributed by atoms with van der Waals surface area (Å²) in [5.41, 5.74) is 0. The quantitative estimate of drug-likeness (QED) is 0.568. The molecule has 0 radical (unpaired) electrons. The van der Waals surface area contributed by atoms with E-state index in [4.69, 9.17) is 0 Å². The SMILES string of the molecule is CCCCCCc1cc2c[se]cc2s1. The molecule has 2 heterocycles. The number of rotatable bonds is 5. The molecule has 2 aromatic rings. The first-order valence-corrected chi connectivity index (χ1v) is 8.14. The standard InChI is InChI=1S/C12H16SSe/c1-2-3-4-5-6-11-7-10-8-14-9-12(10)13-11/h7-9H,2-6H2,1H3. The van der Waals surface area contributed by atoms with E-state index in [1.807, 2.05) is 11.3 Å². The van der Waals surface area contributed by atoms with Gasteiger partial charge in [-0.05, 0) is 0 Å². The van der Waals surface area contributed by atoms with Gasteiger partial charge in [-0.3, -0.25) is 0 Å². The Kier molecular flexibility index (Phi) is 3.86. The van der Waals surface area contributed by atoms with E-state index in [1.54, 1.807) is 4.88 Å². The third kappa shape index (κ3) is 2.50. The Morgan fingerprint density at radius 2 is 2.14 bits per heavy atom. The second-order valence-corrected chi connectivity index (χ2v) is 6.44. The molecular formula is C12H16SSe. The summed E-state index contributed by atoms with van der Waals surface area (Å²) in [6.07, 6.45) is 6.80. The topological polar surface area (TPSA) is 0 Å². The Bertz CT molecular complexity index is 357. The predicted octanol–water partition coefficient (Wildman–Crippen LogP) is 4.08. The first-order valence-electron chi connectivity index (χ1n) is 5.35. The van der Waals surface area contributed by atoms with Crippen molar-refractivity contribution in [1.29, 1.82) is 0 Å². The molecule has 0 fully saturated rings. The zero-order valence-corrected chi connectivity index (χ0v) is 11.1.